The van der Waals surface area contributed by atoms with Crippen molar-refractivity contribution in [3.8, 4) is 5.69 Å². The normalized spacial score (nSPS) is 13.5. The number of aromatic nitrogens is 2. The Kier molecular flexibility index (Phi) is 6.70. The summed E-state index contributed by atoms with van der Waals surface area (Å²) in [5.74, 6) is -1.90. The van der Waals surface area contributed by atoms with E-state index in [1.54, 1.807) is 28.0 Å². The van der Waals surface area contributed by atoms with Gasteiger partial charge >= 0.3 is 0 Å². The quantitative estimate of drug-likeness (QED) is 0.292. The SMILES string of the molecule is O=C(CSc1nc2sc3c(c2c(=O)n1-c1ccccc1)CCC3)NC(Cc1ccccc1)C(=O)[O-]. The lowest BCUT2D eigenvalue weighted by Crippen LogP contribution is -2.49. The number of hydrogen-bond acceptors (Lipinski definition) is 7. The lowest BCUT2D eigenvalue weighted by Gasteiger charge is -2.20. The summed E-state index contributed by atoms with van der Waals surface area (Å²) in [6.45, 7) is 0. The highest BCUT2D eigenvalue weighted by Crippen LogP contribution is 2.36. The van der Waals surface area contributed by atoms with Crippen molar-refractivity contribution in [3.63, 3.8) is 0 Å². The summed E-state index contributed by atoms with van der Waals surface area (Å²) in [6.07, 6.45) is 3.00. The number of carbonyl (C=O) groups is 2. The number of carboxylic acids is 1. The van der Waals surface area contributed by atoms with Crippen molar-refractivity contribution in [2.24, 2.45) is 0 Å². The molecule has 1 unspecified atom stereocenters. The van der Waals surface area contributed by atoms with Crippen LogP contribution in [-0.4, -0.2) is 33.2 Å². The van der Waals surface area contributed by atoms with Gasteiger partial charge in [-0.1, -0.05) is 60.3 Å². The van der Waals surface area contributed by atoms with Crippen LogP contribution in [-0.2, 0) is 28.9 Å². The first-order valence-electron chi connectivity index (χ1n) is 11.3. The Bertz CT molecular complexity index is 1450. The van der Waals surface area contributed by atoms with E-state index in [0.717, 1.165) is 42.2 Å². The molecule has 2 aromatic heterocycles. The second kappa shape index (κ2) is 10.1. The molecule has 4 aromatic rings. The summed E-state index contributed by atoms with van der Waals surface area (Å²) in [7, 11) is 0. The third kappa shape index (κ3) is 4.87. The fourth-order valence-corrected chi connectivity index (χ4v) is 6.46. The number of benzene rings is 2. The minimum Gasteiger partial charge on any atom is -0.548 e. The summed E-state index contributed by atoms with van der Waals surface area (Å²) in [4.78, 5) is 44.6. The number of hydrogen-bond donors (Lipinski definition) is 1. The zero-order valence-corrected chi connectivity index (χ0v) is 20.4. The molecule has 35 heavy (non-hydrogen) atoms. The monoisotopic (exact) mass is 504 g/mol. The van der Waals surface area contributed by atoms with Crippen molar-refractivity contribution in [2.75, 3.05) is 5.75 Å². The van der Waals surface area contributed by atoms with E-state index < -0.39 is 17.9 Å². The third-order valence-corrected chi connectivity index (χ3v) is 8.08. The Labute approximate surface area is 209 Å². The van der Waals surface area contributed by atoms with Gasteiger partial charge in [0, 0.05) is 4.88 Å². The zero-order chi connectivity index (χ0) is 24.4. The van der Waals surface area contributed by atoms with Gasteiger partial charge in [-0.25, -0.2) is 4.98 Å². The molecule has 1 aliphatic carbocycles. The first-order chi connectivity index (χ1) is 17.0. The van der Waals surface area contributed by atoms with Crippen LogP contribution in [0.25, 0.3) is 15.9 Å². The molecule has 0 radical (unpaired) electrons. The number of fused-ring (bicyclic) bond motifs is 3. The number of aryl methyl sites for hydroxylation is 2. The lowest BCUT2D eigenvalue weighted by molar-refractivity contribution is -0.308. The third-order valence-electron chi connectivity index (χ3n) is 5.96. The van der Waals surface area contributed by atoms with Crippen molar-refractivity contribution in [2.45, 2.75) is 36.9 Å². The van der Waals surface area contributed by atoms with Gasteiger partial charge in [-0.2, -0.15) is 0 Å². The minimum atomic E-state index is -1.35. The Balaban J connectivity index is 1.41. The summed E-state index contributed by atoms with van der Waals surface area (Å²) >= 11 is 2.66. The highest BCUT2D eigenvalue weighted by molar-refractivity contribution is 7.99. The van der Waals surface area contributed by atoms with E-state index in [9.17, 15) is 19.5 Å². The molecule has 178 valence electrons. The standard InChI is InChI=1S/C26H23N3O4S2/c30-21(27-19(25(32)33)14-16-8-3-1-4-9-16)15-34-26-28-23-22(18-12-7-13-20(18)35-23)24(31)29(26)17-10-5-2-6-11-17/h1-6,8-11,19H,7,12-15H2,(H,27,30)(H,32,33)/p-1. The van der Waals surface area contributed by atoms with Gasteiger partial charge in [0.05, 0.1) is 28.8 Å². The average Bonchev–Trinajstić information content (AvgIpc) is 3.44. The van der Waals surface area contributed by atoms with Crippen LogP contribution in [0.5, 0.6) is 0 Å². The van der Waals surface area contributed by atoms with Crippen LogP contribution in [0, 0.1) is 0 Å². The van der Waals surface area contributed by atoms with E-state index in [2.05, 4.69) is 5.32 Å². The van der Waals surface area contributed by atoms with Crippen LogP contribution < -0.4 is 16.0 Å². The molecule has 0 spiro atoms. The number of para-hydroxylation sites is 1. The predicted molar refractivity (Wildman–Crippen MR) is 135 cm³/mol. The molecule has 1 amide bonds. The molecule has 9 heteroatoms. The number of thioether (sulfide) groups is 1. The molecule has 0 saturated heterocycles. The fourth-order valence-electron chi connectivity index (χ4n) is 4.34. The average molecular weight is 505 g/mol. The van der Waals surface area contributed by atoms with E-state index in [0.29, 0.717) is 21.1 Å². The smallest absolute Gasteiger partial charge is 0.267 e. The fraction of sp³-hybridized carbons (Fsp3) is 0.231. The van der Waals surface area contributed by atoms with Crippen LogP contribution in [0.1, 0.15) is 22.4 Å². The van der Waals surface area contributed by atoms with Gasteiger partial charge in [0.15, 0.2) is 5.16 Å². The molecule has 0 fully saturated rings. The molecule has 2 heterocycles. The van der Waals surface area contributed by atoms with Gasteiger partial charge < -0.3 is 15.2 Å². The maximum absolute atomic E-state index is 13.6. The molecule has 0 bridgehead atoms. The number of aliphatic carboxylic acids is 1. The van der Waals surface area contributed by atoms with E-state index in [4.69, 9.17) is 4.98 Å². The topological polar surface area (TPSA) is 104 Å². The Morgan fingerprint density at radius 3 is 2.51 bits per heavy atom. The van der Waals surface area contributed by atoms with Gasteiger partial charge in [0.25, 0.3) is 5.56 Å². The summed E-state index contributed by atoms with van der Waals surface area (Å²) in [5, 5.41) is 15.2. The van der Waals surface area contributed by atoms with Crippen LogP contribution in [0.2, 0.25) is 0 Å². The van der Waals surface area contributed by atoms with Gasteiger partial charge in [-0.3, -0.25) is 14.2 Å². The highest BCUT2D eigenvalue weighted by atomic mass is 32.2. The maximum Gasteiger partial charge on any atom is 0.267 e. The number of amides is 1. The largest absolute Gasteiger partial charge is 0.548 e. The molecule has 1 atom stereocenters. The van der Waals surface area contributed by atoms with Crippen molar-refractivity contribution >= 4 is 45.2 Å². The van der Waals surface area contributed by atoms with Gasteiger partial charge in [-0.05, 0) is 48.9 Å². The predicted octanol–water partition coefficient (Wildman–Crippen LogP) is 2.51. The second-order valence-corrected chi connectivity index (χ2v) is 10.4. The lowest BCUT2D eigenvalue weighted by atomic mass is 10.1. The molecule has 0 saturated carbocycles. The van der Waals surface area contributed by atoms with E-state index in [1.165, 1.54) is 4.88 Å². The first kappa shape index (κ1) is 23.3. The molecule has 7 nitrogen and oxygen atoms in total. The molecule has 1 N–H and O–H groups in total. The molecular weight excluding hydrogens is 482 g/mol. The van der Waals surface area contributed by atoms with Crippen molar-refractivity contribution in [1.82, 2.24) is 14.9 Å². The summed E-state index contributed by atoms with van der Waals surface area (Å²) < 4.78 is 1.55. The number of nitrogens with zero attached hydrogens (tertiary/aromatic N) is 2. The summed E-state index contributed by atoms with van der Waals surface area (Å²) in [5.41, 5.74) is 2.41. The number of nitrogens with one attached hydrogen (secondary N) is 1. The van der Waals surface area contributed by atoms with Gasteiger partial charge in [-0.15, -0.1) is 11.3 Å². The number of carbonyl (C=O) groups excluding carboxylic acids is 2. The Hall–Kier alpha value is -3.43. The molecule has 5 rings (SSSR count). The van der Waals surface area contributed by atoms with Crippen molar-refractivity contribution in [1.29, 1.82) is 0 Å². The van der Waals surface area contributed by atoms with Crippen LogP contribution in [0.15, 0.2) is 70.6 Å². The first-order valence-corrected chi connectivity index (χ1v) is 13.1. The van der Waals surface area contributed by atoms with E-state index in [-0.39, 0.29) is 17.7 Å². The number of carboxylic acid groups (broad SMARTS) is 1. The van der Waals surface area contributed by atoms with E-state index in [1.807, 2.05) is 48.5 Å². The van der Waals surface area contributed by atoms with Crippen LogP contribution in [0.4, 0.5) is 0 Å². The van der Waals surface area contributed by atoms with Gasteiger partial charge in [0.2, 0.25) is 5.91 Å². The minimum absolute atomic E-state index is 0.0888. The van der Waals surface area contributed by atoms with Crippen LogP contribution >= 0.6 is 23.1 Å². The molecule has 0 aliphatic heterocycles. The number of thiophene rings is 1. The maximum atomic E-state index is 13.6. The zero-order valence-electron chi connectivity index (χ0n) is 18.7. The number of rotatable bonds is 8. The molecule has 1 aliphatic rings. The Morgan fingerprint density at radius 2 is 1.80 bits per heavy atom. The highest BCUT2D eigenvalue weighted by Gasteiger charge is 2.24. The molecule has 2 aromatic carbocycles. The Morgan fingerprint density at radius 1 is 1.09 bits per heavy atom. The molecular formula is C26H22N3O4S2-. The van der Waals surface area contributed by atoms with E-state index >= 15 is 0 Å². The second-order valence-electron chi connectivity index (χ2n) is 8.33. The van der Waals surface area contributed by atoms with Crippen LogP contribution in [0.3, 0.4) is 0 Å². The summed E-state index contributed by atoms with van der Waals surface area (Å²) in [6, 6.07) is 17.1. The van der Waals surface area contributed by atoms with Crippen molar-refractivity contribution in [3.05, 3.63) is 87.0 Å². The van der Waals surface area contributed by atoms with Gasteiger partial charge in [0.1, 0.15) is 4.83 Å². The van der Waals surface area contributed by atoms with Crippen molar-refractivity contribution < 1.29 is 14.7 Å².